The SMILES string of the molecule is CCCCCCCCCCCCCCCCCCC(CCCCCCCCCCCCCCCCC)OC(=O)NC(CCC(=O)O)C(=O)O. The Balaban J connectivity index is 4.21. The highest BCUT2D eigenvalue weighted by Crippen LogP contribution is 2.19. The van der Waals surface area contributed by atoms with E-state index in [0.29, 0.717) is 0 Å². The fourth-order valence-corrected chi connectivity index (χ4v) is 6.78. The summed E-state index contributed by atoms with van der Waals surface area (Å²) in [5.41, 5.74) is 0. The summed E-state index contributed by atoms with van der Waals surface area (Å²) in [5, 5.41) is 20.7. The summed E-state index contributed by atoms with van der Waals surface area (Å²) in [5.74, 6) is -2.33. The molecule has 1 amide bonds. The van der Waals surface area contributed by atoms with Gasteiger partial charge in [0.15, 0.2) is 0 Å². The number of rotatable bonds is 39. The van der Waals surface area contributed by atoms with E-state index in [9.17, 15) is 19.5 Å². The van der Waals surface area contributed by atoms with Crippen LogP contribution in [0.4, 0.5) is 4.79 Å². The fraction of sp³-hybridized carbons (Fsp3) is 0.929. The maximum absolute atomic E-state index is 12.6. The minimum Gasteiger partial charge on any atom is -0.481 e. The Morgan fingerprint density at radius 3 is 1.00 bits per heavy atom. The minimum absolute atomic E-state index is 0.164. The van der Waals surface area contributed by atoms with Gasteiger partial charge in [-0.1, -0.05) is 200 Å². The number of ether oxygens (including phenoxy) is 1. The molecule has 0 aromatic carbocycles. The number of carbonyl (C=O) groups excluding carboxylic acids is 1. The van der Waals surface area contributed by atoms with Crippen molar-refractivity contribution in [2.24, 2.45) is 0 Å². The van der Waals surface area contributed by atoms with Crippen LogP contribution in [0, 0.1) is 0 Å². The van der Waals surface area contributed by atoms with E-state index in [2.05, 4.69) is 19.2 Å². The lowest BCUT2D eigenvalue weighted by Gasteiger charge is -2.20. The zero-order valence-electron chi connectivity index (χ0n) is 32.4. The predicted octanol–water partition coefficient (Wildman–Crippen LogP) is 13.3. The highest BCUT2D eigenvalue weighted by Gasteiger charge is 2.23. The van der Waals surface area contributed by atoms with Gasteiger partial charge in [0.1, 0.15) is 12.1 Å². The number of carboxylic acid groups (broad SMARTS) is 2. The molecule has 0 rings (SSSR count). The molecular formula is C42H81NO6. The average molecular weight is 696 g/mol. The number of aliphatic carboxylic acids is 2. The van der Waals surface area contributed by atoms with Crippen LogP contribution in [-0.2, 0) is 14.3 Å². The van der Waals surface area contributed by atoms with Crippen LogP contribution in [0.3, 0.4) is 0 Å². The van der Waals surface area contributed by atoms with Crippen molar-refractivity contribution >= 4 is 18.0 Å². The van der Waals surface area contributed by atoms with Crippen molar-refractivity contribution in [3.63, 3.8) is 0 Å². The second-order valence-electron chi connectivity index (χ2n) is 14.8. The Morgan fingerprint density at radius 2 is 0.735 bits per heavy atom. The Labute approximate surface area is 302 Å². The predicted molar refractivity (Wildman–Crippen MR) is 205 cm³/mol. The molecule has 0 bridgehead atoms. The summed E-state index contributed by atoms with van der Waals surface area (Å²) in [4.78, 5) is 35.0. The van der Waals surface area contributed by atoms with Crippen LogP contribution in [0.2, 0.25) is 0 Å². The summed E-state index contributed by atoms with van der Waals surface area (Å²) < 4.78 is 5.72. The quantitative estimate of drug-likeness (QED) is 0.0552. The molecule has 49 heavy (non-hydrogen) atoms. The third kappa shape index (κ3) is 35.8. The Bertz CT molecular complexity index is 745. The molecule has 0 saturated heterocycles. The van der Waals surface area contributed by atoms with Gasteiger partial charge in [0, 0.05) is 6.42 Å². The number of hydrogen-bond donors (Lipinski definition) is 3. The van der Waals surface area contributed by atoms with Crippen molar-refractivity contribution in [1.29, 1.82) is 0 Å². The lowest BCUT2D eigenvalue weighted by molar-refractivity contribution is -0.140. The standard InChI is InChI=1S/C42H81NO6/c1-3-5-7-9-11-13-15-17-19-21-23-25-27-29-31-33-35-38(49-42(48)43-39(41(46)47)36-37-40(44)45)34-32-30-28-26-24-22-20-18-16-14-12-10-8-6-4-2/h38-39H,3-37H2,1-2H3,(H,43,48)(H,44,45)(H,46,47). The number of alkyl carbamates (subject to hydrolysis) is 1. The first kappa shape index (κ1) is 47.2. The van der Waals surface area contributed by atoms with E-state index in [1.54, 1.807) is 0 Å². The highest BCUT2D eigenvalue weighted by molar-refractivity contribution is 5.80. The van der Waals surface area contributed by atoms with E-state index >= 15 is 0 Å². The molecule has 0 fully saturated rings. The van der Waals surface area contributed by atoms with E-state index < -0.39 is 24.1 Å². The summed E-state index contributed by atoms with van der Waals surface area (Å²) in [6.07, 6.45) is 40.7. The maximum Gasteiger partial charge on any atom is 0.408 e. The number of carbonyl (C=O) groups is 3. The van der Waals surface area contributed by atoms with E-state index in [4.69, 9.17) is 9.84 Å². The van der Waals surface area contributed by atoms with Gasteiger partial charge in [0.2, 0.25) is 0 Å². The van der Waals surface area contributed by atoms with E-state index in [1.807, 2.05) is 0 Å². The third-order valence-electron chi connectivity index (χ3n) is 10.0. The fourth-order valence-electron chi connectivity index (χ4n) is 6.78. The number of nitrogens with one attached hydrogen (secondary N) is 1. The molecule has 7 nitrogen and oxygen atoms in total. The lowest BCUT2D eigenvalue weighted by Crippen LogP contribution is -2.42. The monoisotopic (exact) mass is 696 g/mol. The molecule has 0 aliphatic heterocycles. The van der Waals surface area contributed by atoms with Crippen molar-refractivity contribution in [3.8, 4) is 0 Å². The molecule has 0 saturated carbocycles. The van der Waals surface area contributed by atoms with Crippen molar-refractivity contribution in [3.05, 3.63) is 0 Å². The smallest absolute Gasteiger partial charge is 0.408 e. The van der Waals surface area contributed by atoms with Gasteiger partial charge in [-0.15, -0.1) is 0 Å². The molecule has 7 heteroatoms. The van der Waals surface area contributed by atoms with Gasteiger partial charge in [-0.3, -0.25) is 4.79 Å². The van der Waals surface area contributed by atoms with Crippen molar-refractivity contribution in [1.82, 2.24) is 5.32 Å². The normalized spacial score (nSPS) is 12.5. The maximum atomic E-state index is 12.6. The topological polar surface area (TPSA) is 113 Å². The van der Waals surface area contributed by atoms with E-state index in [0.717, 1.165) is 38.5 Å². The van der Waals surface area contributed by atoms with Crippen LogP contribution in [0.25, 0.3) is 0 Å². The van der Waals surface area contributed by atoms with Gasteiger partial charge in [-0.2, -0.15) is 0 Å². The van der Waals surface area contributed by atoms with Gasteiger partial charge in [-0.25, -0.2) is 9.59 Å². The lowest BCUT2D eigenvalue weighted by atomic mass is 10.0. The van der Waals surface area contributed by atoms with Crippen molar-refractivity contribution in [2.45, 2.75) is 251 Å². The second-order valence-corrected chi connectivity index (χ2v) is 14.8. The van der Waals surface area contributed by atoms with Gasteiger partial charge >= 0.3 is 18.0 Å². The van der Waals surface area contributed by atoms with Gasteiger partial charge < -0.3 is 20.3 Å². The third-order valence-corrected chi connectivity index (χ3v) is 10.0. The summed E-state index contributed by atoms with van der Waals surface area (Å²) in [7, 11) is 0. The molecule has 0 radical (unpaired) electrons. The molecular weight excluding hydrogens is 614 g/mol. The molecule has 0 aliphatic carbocycles. The summed E-state index contributed by atoms with van der Waals surface area (Å²) >= 11 is 0. The van der Waals surface area contributed by atoms with Gasteiger partial charge in [-0.05, 0) is 32.1 Å². The number of hydrogen-bond acceptors (Lipinski definition) is 4. The zero-order chi connectivity index (χ0) is 36.0. The molecule has 3 N–H and O–H groups in total. The first-order valence-corrected chi connectivity index (χ1v) is 21.3. The molecule has 0 aromatic rings. The van der Waals surface area contributed by atoms with Crippen LogP contribution < -0.4 is 5.32 Å². The summed E-state index contributed by atoms with van der Waals surface area (Å²) in [6.45, 7) is 4.54. The largest absolute Gasteiger partial charge is 0.481 e. The zero-order valence-corrected chi connectivity index (χ0v) is 32.4. The highest BCUT2D eigenvalue weighted by atomic mass is 16.6. The van der Waals surface area contributed by atoms with Crippen LogP contribution in [0.5, 0.6) is 0 Å². The number of unbranched alkanes of at least 4 members (excludes halogenated alkanes) is 29. The first-order chi connectivity index (χ1) is 23.9. The molecule has 0 aromatic heterocycles. The molecule has 0 heterocycles. The molecule has 2 unspecified atom stereocenters. The van der Waals surface area contributed by atoms with Gasteiger partial charge in [0.05, 0.1) is 0 Å². The number of amides is 1. The molecule has 2 atom stereocenters. The van der Waals surface area contributed by atoms with Gasteiger partial charge in [0.25, 0.3) is 0 Å². The summed E-state index contributed by atoms with van der Waals surface area (Å²) in [6, 6.07) is -1.26. The first-order valence-electron chi connectivity index (χ1n) is 21.3. The van der Waals surface area contributed by atoms with Crippen LogP contribution >= 0.6 is 0 Å². The molecule has 0 spiro atoms. The van der Waals surface area contributed by atoms with E-state index in [1.165, 1.54) is 173 Å². The van der Waals surface area contributed by atoms with Crippen molar-refractivity contribution < 1.29 is 29.3 Å². The Kier molecular flexibility index (Phi) is 36.1. The van der Waals surface area contributed by atoms with Crippen LogP contribution in [0.15, 0.2) is 0 Å². The van der Waals surface area contributed by atoms with Crippen molar-refractivity contribution in [2.75, 3.05) is 0 Å². The average Bonchev–Trinajstić information content (AvgIpc) is 3.07. The number of carboxylic acids is 2. The Hall–Kier alpha value is -1.79. The Morgan fingerprint density at radius 1 is 0.449 bits per heavy atom. The van der Waals surface area contributed by atoms with Crippen LogP contribution in [-0.4, -0.2) is 40.4 Å². The molecule has 0 aliphatic rings. The van der Waals surface area contributed by atoms with E-state index in [-0.39, 0.29) is 18.9 Å². The molecule has 290 valence electrons. The minimum atomic E-state index is -1.26. The van der Waals surface area contributed by atoms with Crippen LogP contribution in [0.1, 0.15) is 239 Å². The second kappa shape index (κ2) is 37.5.